The van der Waals surface area contributed by atoms with Crippen molar-refractivity contribution in [2.75, 3.05) is 26.7 Å². The summed E-state index contributed by atoms with van der Waals surface area (Å²) >= 11 is 0. The van der Waals surface area contributed by atoms with Crippen molar-refractivity contribution in [3.8, 4) is 0 Å². The molecule has 0 atom stereocenters. The fourth-order valence-electron chi connectivity index (χ4n) is 1.42. The van der Waals surface area contributed by atoms with E-state index in [1.807, 2.05) is 0 Å². The molecule has 0 radical (unpaired) electrons. The third-order valence-corrected chi connectivity index (χ3v) is 2.09. The average Bonchev–Trinajstić information content (AvgIpc) is 2.55. The lowest BCUT2D eigenvalue weighted by atomic mass is 10.3. The maximum atomic E-state index is 11.0. The summed E-state index contributed by atoms with van der Waals surface area (Å²) in [4.78, 5) is 13.2. The van der Waals surface area contributed by atoms with Crippen LogP contribution in [-0.2, 0) is 9.53 Å². The van der Waals surface area contributed by atoms with Gasteiger partial charge in [0.25, 0.3) is 0 Å². The van der Waals surface area contributed by atoms with Crippen LogP contribution < -0.4 is 0 Å². The summed E-state index contributed by atoms with van der Waals surface area (Å²) in [6, 6.07) is 0. The Labute approximate surface area is 73.0 Å². The molecule has 1 fully saturated rings. The minimum absolute atomic E-state index is 0.290. The first-order valence-corrected chi connectivity index (χ1v) is 4.22. The molecule has 0 aromatic carbocycles. The Hall–Kier alpha value is -0.830. The number of nitrogens with zero attached hydrogens (tertiary/aromatic N) is 1. The van der Waals surface area contributed by atoms with Crippen molar-refractivity contribution in [3.05, 3.63) is 12.2 Å². The minimum Gasteiger partial charge on any atom is -0.466 e. The molecule has 0 bridgehead atoms. The Kier molecular flexibility index (Phi) is 3.29. The Balaban J connectivity index is 2.29. The van der Waals surface area contributed by atoms with Crippen LogP contribution in [0.3, 0.4) is 0 Å². The van der Waals surface area contributed by atoms with Crippen LogP contribution in [0.1, 0.15) is 12.8 Å². The van der Waals surface area contributed by atoms with Crippen LogP contribution in [0.2, 0.25) is 0 Å². The van der Waals surface area contributed by atoms with E-state index in [0.29, 0.717) is 12.1 Å². The molecular formula is C9H15NO2. The number of carbonyl (C=O) groups excluding carboxylic acids is 1. The highest BCUT2D eigenvalue weighted by Crippen LogP contribution is 2.09. The van der Waals surface area contributed by atoms with Crippen molar-refractivity contribution < 1.29 is 9.53 Å². The monoisotopic (exact) mass is 169 g/mol. The lowest BCUT2D eigenvalue weighted by Crippen LogP contribution is -2.24. The van der Waals surface area contributed by atoms with Gasteiger partial charge in [-0.05, 0) is 25.9 Å². The summed E-state index contributed by atoms with van der Waals surface area (Å²) in [5, 5.41) is 0. The maximum Gasteiger partial charge on any atom is 0.334 e. The van der Waals surface area contributed by atoms with E-state index >= 15 is 0 Å². The van der Waals surface area contributed by atoms with Crippen molar-refractivity contribution in [1.29, 1.82) is 0 Å². The van der Waals surface area contributed by atoms with Crippen LogP contribution in [0.25, 0.3) is 0 Å². The van der Waals surface area contributed by atoms with Gasteiger partial charge in [0, 0.05) is 12.1 Å². The molecule has 1 saturated heterocycles. The van der Waals surface area contributed by atoms with Crippen molar-refractivity contribution in [1.82, 2.24) is 4.90 Å². The first-order chi connectivity index (χ1) is 5.74. The second-order valence-electron chi connectivity index (χ2n) is 3.08. The molecule has 1 aliphatic heterocycles. The third kappa shape index (κ3) is 2.34. The smallest absolute Gasteiger partial charge is 0.334 e. The minimum atomic E-state index is -0.290. The van der Waals surface area contributed by atoms with Crippen LogP contribution in [0.5, 0.6) is 0 Å². The van der Waals surface area contributed by atoms with Gasteiger partial charge in [0.15, 0.2) is 0 Å². The first-order valence-electron chi connectivity index (χ1n) is 4.22. The van der Waals surface area contributed by atoms with Gasteiger partial charge < -0.3 is 4.74 Å². The lowest BCUT2D eigenvalue weighted by Gasteiger charge is -2.14. The Bertz CT molecular complexity index is 183. The predicted molar refractivity (Wildman–Crippen MR) is 46.8 cm³/mol. The highest BCUT2D eigenvalue weighted by Gasteiger charge is 2.15. The molecule has 68 valence electrons. The molecule has 0 saturated carbocycles. The van der Waals surface area contributed by atoms with Crippen LogP contribution in [0.15, 0.2) is 12.2 Å². The fraction of sp³-hybridized carbons (Fsp3) is 0.667. The summed E-state index contributed by atoms with van der Waals surface area (Å²) in [6.07, 6.45) is 2.46. The van der Waals surface area contributed by atoms with E-state index in [1.54, 1.807) is 0 Å². The number of esters is 1. The van der Waals surface area contributed by atoms with Crippen LogP contribution in [-0.4, -0.2) is 37.6 Å². The van der Waals surface area contributed by atoms with Crippen molar-refractivity contribution in [2.45, 2.75) is 12.8 Å². The number of hydrogen-bond acceptors (Lipinski definition) is 3. The van der Waals surface area contributed by atoms with Gasteiger partial charge in [0.05, 0.1) is 7.11 Å². The molecular weight excluding hydrogens is 154 g/mol. The largest absolute Gasteiger partial charge is 0.466 e. The number of rotatable bonds is 3. The van der Waals surface area contributed by atoms with Crippen molar-refractivity contribution in [3.63, 3.8) is 0 Å². The maximum absolute atomic E-state index is 11.0. The first kappa shape index (κ1) is 9.26. The van der Waals surface area contributed by atoms with Crippen LogP contribution in [0.4, 0.5) is 0 Å². The van der Waals surface area contributed by atoms with Gasteiger partial charge >= 0.3 is 5.97 Å². The quantitative estimate of drug-likeness (QED) is 0.462. The number of carbonyl (C=O) groups is 1. The molecule has 0 aliphatic carbocycles. The highest BCUT2D eigenvalue weighted by molar-refractivity contribution is 5.88. The van der Waals surface area contributed by atoms with E-state index < -0.39 is 0 Å². The SMILES string of the molecule is C=C(CN1CCCC1)C(=O)OC. The average molecular weight is 169 g/mol. The zero-order valence-corrected chi connectivity index (χ0v) is 7.51. The molecule has 1 aliphatic rings. The zero-order valence-electron chi connectivity index (χ0n) is 7.51. The summed E-state index contributed by atoms with van der Waals surface area (Å²) < 4.78 is 4.56. The molecule has 0 aromatic rings. The second kappa shape index (κ2) is 4.26. The molecule has 3 nitrogen and oxygen atoms in total. The van der Waals surface area contributed by atoms with Gasteiger partial charge in [-0.3, -0.25) is 4.90 Å². The van der Waals surface area contributed by atoms with Gasteiger partial charge in [0.1, 0.15) is 0 Å². The number of methoxy groups -OCH3 is 1. The number of likely N-dealkylation sites (tertiary alicyclic amines) is 1. The van der Waals surface area contributed by atoms with Crippen LogP contribution in [0, 0.1) is 0 Å². The fourth-order valence-corrected chi connectivity index (χ4v) is 1.42. The molecule has 0 unspecified atom stereocenters. The van der Waals surface area contributed by atoms with Crippen LogP contribution >= 0.6 is 0 Å². The van der Waals surface area contributed by atoms with Gasteiger partial charge in [-0.25, -0.2) is 4.79 Å². The summed E-state index contributed by atoms with van der Waals surface area (Å²) in [6.45, 7) is 6.49. The van der Waals surface area contributed by atoms with Gasteiger partial charge in [-0.2, -0.15) is 0 Å². The van der Waals surface area contributed by atoms with E-state index in [-0.39, 0.29) is 5.97 Å². The second-order valence-corrected chi connectivity index (χ2v) is 3.08. The van der Waals surface area contributed by atoms with E-state index in [2.05, 4.69) is 16.2 Å². The molecule has 1 heterocycles. The van der Waals surface area contributed by atoms with Gasteiger partial charge in [-0.15, -0.1) is 0 Å². The van der Waals surface area contributed by atoms with E-state index in [4.69, 9.17) is 0 Å². The number of hydrogen-bond donors (Lipinski definition) is 0. The Morgan fingerprint density at radius 3 is 2.58 bits per heavy atom. The Morgan fingerprint density at radius 2 is 2.08 bits per heavy atom. The number of ether oxygens (including phenoxy) is 1. The van der Waals surface area contributed by atoms with E-state index in [0.717, 1.165) is 13.1 Å². The molecule has 0 amide bonds. The molecule has 0 spiro atoms. The molecule has 1 rings (SSSR count). The van der Waals surface area contributed by atoms with Crippen molar-refractivity contribution >= 4 is 5.97 Å². The standard InChI is InChI=1S/C9H15NO2/c1-8(9(11)12-2)7-10-5-3-4-6-10/h1,3-7H2,2H3. The highest BCUT2D eigenvalue weighted by atomic mass is 16.5. The Morgan fingerprint density at radius 1 is 1.50 bits per heavy atom. The molecule has 3 heteroatoms. The molecule has 0 aromatic heterocycles. The summed E-state index contributed by atoms with van der Waals surface area (Å²) in [5.74, 6) is -0.290. The molecule has 12 heavy (non-hydrogen) atoms. The topological polar surface area (TPSA) is 29.5 Å². The predicted octanol–water partition coefficient (Wildman–Crippen LogP) is 0.811. The van der Waals surface area contributed by atoms with Gasteiger partial charge in [0.2, 0.25) is 0 Å². The molecule has 0 N–H and O–H groups in total. The summed E-state index contributed by atoms with van der Waals surface area (Å²) in [7, 11) is 1.39. The zero-order chi connectivity index (χ0) is 8.97. The summed E-state index contributed by atoms with van der Waals surface area (Å²) in [5.41, 5.74) is 0.555. The van der Waals surface area contributed by atoms with E-state index in [1.165, 1.54) is 20.0 Å². The van der Waals surface area contributed by atoms with E-state index in [9.17, 15) is 4.79 Å². The van der Waals surface area contributed by atoms with Crippen molar-refractivity contribution in [2.24, 2.45) is 0 Å². The van der Waals surface area contributed by atoms with Gasteiger partial charge in [-0.1, -0.05) is 6.58 Å². The lowest BCUT2D eigenvalue weighted by molar-refractivity contribution is -0.136. The third-order valence-electron chi connectivity index (χ3n) is 2.09. The normalized spacial score (nSPS) is 17.8.